The van der Waals surface area contributed by atoms with Crippen molar-refractivity contribution in [2.24, 2.45) is 0 Å². The summed E-state index contributed by atoms with van der Waals surface area (Å²) in [6, 6.07) is 23.7. The first kappa shape index (κ1) is 24.5. The van der Waals surface area contributed by atoms with Crippen LogP contribution in [0.15, 0.2) is 72.8 Å². The molecule has 2 aliphatic heterocycles. The lowest BCUT2D eigenvalue weighted by Gasteiger charge is -2.57. The van der Waals surface area contributed by atoms with Gasteiger partial charge in [-0.05, 0) is 74.0 Å². The van der Waals surface area contributed by atoms with E-state index in [-0.39, 0.29) is 24.4 Å². The van der Waals surface area contributed by atoms with E-state index in [4.69, 9.17) is 4.74 Å². The molecule has 36 heavy (non-hydrogen) atoms. The minimum atomic E-state index is -0.138. The molecule has 0 spiro atoms. The second-order valence-corrected chi connectivity index (χ2v) is 9.72. The van der Waals surface area contributed by atoms with Crippen LogP contribution in [0.3, 0.4) is 0 Å². The van der Waals surface area contributed by atoms with E-state index in [9.17, 15) is 9.50 Å². The van der Waals surface area contributed by atoms with Crippen molar-refractivity contribution in [2.45, 2.75) is 37.4 Å². The van der Waals surface area contributed by atoms with Crippen molar-refractivity contribution >= 4 is 0 Å². The van der Waals surface area contributed by atoms with Crippen LogP contribution in [0, 0.1) is 17.7 Å². The Labute approximate surface area is 213 Å². The predicted molar refractivity (Wildman–Crippen MR) is 140 cm³/mol. The van der Waals surface area contributed by atoms with Gasteiger partial charge >= 0.3 is 0 Å². The molecule has 2 saturated heterocycles. The molecule has 3 aromatic carbocycles. The highest BCUT2D eigenvalue weighted by Gasteiger charge is 2.49. The van der Waals surface area contributed by atoms with Crippen LogP contribution < -0.4 is 4.74 Å². The van der Waals surface area contributed by atoms with Crippen LogP contribution in [0.1, 0.15) is 41.0 Å². The molecule has 3 aromatic rings. The van der Waals surface area contributed by atoms with Crippen LogP contribution in [0.4, 0.5) is 4.39 Å². The number of methoxy groups -OCH3 is 1. The molecule has 5 rings (SSSR count). The van der Waals surface area contributed by atoms with E-state index in [1.54, 1.807) is 19.2 Å². The number of ether oxygens (including phenoxy) is 1. The van der Waals surface area contributed by atoms with Crippen LogP contribution in [-0.4, -0.2) is 60.3 Å². The van der Waals surface area contributed by atoms with Gasteiger partial charge in [-0.25, -0.2) is 4.39 Å². The van der Waals surface area contributed by atoms with E-state index < -0.39 is 0 Å². The summed E-state index contributed by atoms with van der Waals surface area (Å²) in [5, 5.41) is 10.2. The number of hydrogen-bond donors (Lipinski definition) is 1. The van der Waals surface area contributed by atoms with Crippen molar-refractivity contribution in [3.8, 4) is 17.6 Å². The van der Waals surface area contributed by atoms with Crippen LogP contribution in [0.2, 0.25) is 0 Å². The van der Waals surface area contributed by atoms with Crippen LogP contribution in [-0.2, 0) is 6.54 Å². The van der Waals surface area contributed by atoms with E-state index in [0.29, 0.717) is 12.6 Å². The van der Waals surface area contributed by atoms with Gasteiger partial charge in [-0.15, -0.1) is 0 Å². The molecule has 5 heteroatoms. The number of benzene rings is 3. The molecule has 1 N–H and O–H groups in total. The summed E-state index contributed by atoms with van der Waals surface area (Å²) >= 11 is 0. The molecular weight excluding hydrogens is 451 g/mol. The lowest BCUT2D eigenvalue weighted by atomic mass is 9.74. The molecule has 0 bridgehead atoms. The largest absolute Gasteiger partial charge is 0.497 e. The Morgan fingerprint density at radius 2 is 1.58 bits per heavy atom. The minimum absolute atomic E-state index is 0.125. The second-order valence-electron chi connectivity index (χ2n) is 9.72. The average Bonchev–Trinajstić information content (AvgIpc) is 2.90. The zero-order valence-corrected chi connectivity index (χ0v) is 20.7. The molecule has 0 unspecified atom stereocenters. The molecular formula is C31H33FN2O2. The number of aliphatic hydroxyl groups is 1. The zero-order chi connectivity index (χ0) is 24.9. The molecule has 186 valence electrons. The van der Waals surface area contributed by atoms with Gasteiger partial charge in [0.1, 0.15) is 11.6 Å². The predicted octanol–water partition coefficient (Wildman–Crippen LogP) is 4.66. The van der Waals surface area contributed by atoms with Gasteiger partial charge in [-0.1, -0.05) is 42.2 Å². The molecule has 0 aliphatic carbocycles. The normalized spacial score (nSPS) is 22.4. The van der Waals surface area contributed by atoms with Crippen molar-refractivity contribution in [2.75, 3.05) is 33.4 Å². The van der Waals surface area contributed by atoms with Crippen LogP contribution in [0.25, 0.3) is 0 Å². The Morgan fingerprint density at radius 1 is 0.917 bits per heavy atom. The third-order valence-electron chi connectivity index (χ3n) is 7.54. The molecule has 0 radical (unpaired) electrons. The van der Waals surface area contributed by atoms with Crippen molar-refractivity contribution in [1.82, 2.24) is 9.80 Å². The maximum absolute atomic E-state index is 14.3. The number of halogens is 1. The summed E-state index contributed by atoms with van der Waals surface area (Å²) < 4.78 is 19.5. The van der Waals surface area contributed by atoms with Gasteiger partial charge < -0.3 is 9.84 Å². The fraction of sp³-hybridized carbons (Fsp3) is 0.355. The molecule has 0 aromatic heterocycles. The minimum Gasteiger partial charge on any atom is -0.497 e. The van der Waals surface area contributed by atoms with E-state index in [0.717, 1.165) is 54.9 Å². The summed E-state index contributed by atoms with van der Waals surface area (Å²) in [6.07, 6.45) is 2.18. The number of aliphatic hydroxyl groups excluding tert-OH is 1. The van der Waals surface area contributed by atoms with Gasteiger partial charge in [0.05, 0.1) is 13.7 Å². The summed E-state index contributed by atoms with van der Waals surface area (Å²) in [7, 11) is 1.65. The average molecular weight is 485 g/mol. The van der Waals surface area contributed by atoms with Gasteiger partial charge in [0.25, 0.3) is 0 Å². The third-order valence-corrected chi connectivity index (χ3v) is 7.54. The topological polar surface area (TPSA) is 35.9 Å². The SMILES string of the molecule is COc1ccc(C#Cc2ccc([C@@H]3[C@@H](CO)N4CCCCN(Cc5ccccc5F)C[C@H]34)cc2)cc1. The fourth-order valence-electron chi connectivity index (χ4n) is 5.63. The van der Waals surface area contributed by atoms with E-state index >= 15 is 0 Å². The maximum Gasteiger partial charge on any atom is 0.127 e. The van der Waals surface area contributed by atoms with Crippen LogP contribution >= 0.6 is 0 Å². The molecule has 0 saturated carbocycles. The third kappa shape index (κ3) is 5.32. The first-order valence-corrected chi connectivity index (χ1v) is 12.7. The van der Waals surface area contributed by atoms with E-state index in [1.165, 1.54) is 5.56 Å². The Bertz CT molecular complexity index is 1220. The second kappa shape index (κ2) is 11.3. The van der Waals surface area contributed by atoms with Gasteiger partial charge in [-0.3, -0.25) is 9.80 Å². The smallest absolute Gasteiger partial charge is 0.127 e. The molecule has 3 atom stereocenters. The quantitative estimate of drug-likeness (QED) is 0.535. The standard InChI is InChI=1S/C31H33FN2O2/c1-36-27-16-12-24(13-17-27)9-8-23-10-14-25(15-11-23)31-29-21-33(20-26-6-2-3-7-28(26)32)18-4-5-19-34(29)30(31)22-35/h2-3,6-7,10-17,29-31,35H,4-5,18-22H2,1H3/t29-,30-,31+/m1/s1. The van der Waals surface area contributed by atoms with Crippen LogP contribution in [0.5, 0.6) is 5.75 Å². The Hall–Kier alpha value is -3.17. The van der Waals surface area contributed by atoms with E-state index in [1.807, 2.05) is 36.4 Å². The summed E-state index contributed by atoms with van der Waals surface area (Å²) in [6.45, 7) is 3.61. The van der Waals surface area contributed by atoms with Gasteiger partial charge in [0.15, 0.2) is 0 Å². The summed E-state index contributed by atoms with van der Waals surface area (Å²) in [5.41, 5.74) is 3.89. The highest BCUT2D eigenvalue weighted by molar-refractivity contribution is 5.45. The maximum atomic E-state index is 14.3. The van der Waals surface area contributed by atoms with Crippen molar-refractivity contribution < 1.29 is 14.2 Å². The summed E-state index contributed by atoms with van der Waals surface area (Å²) in [4.78, 5) is 4.83. The number of nitrogens with zero attached hydrogens (tertiary/aromatic N) is 2. The van der Waals surface area contributed by atoms with Gasteiger partial charge in [0, 0.05) is 47.8 Å². The fourth-order valence-corrected chi connectivity index (χ4v) is 5.63. The van der Waals surface area contributed by atoms with E-state index in [2.05, 4.69) is 45.9 Å². The van der Waals surface area contributed by atoms with Gasteiger partial charge in [-0.2, -0.15) is 0 Å². The molecule has 0 amide bonds. The Morgan fingerprint density at radius 3 is 2.25 bits per heavy atom. The number of hydrogen-bond acceptors (Lipinski definition) is 4. The highest BCUT2D eigenvalue weighted by Crippen LogP contribution is 2.42. The monoisotopic (exact) mass is 484 g/mol. The van der Waals surface area contributed by atoms with Crippen molar-refractivity contribution in [1.29, 1.82) is 0 Å². The zero-order valence-electron chi connectivity index (χ0n) is 20.7. The number of rotatable bonds is 5. The Kier molecular flexibility index (Phi) is 7.67. The first-order valence-electron chi connectivity index (χ1n) is 12.7. The first-order chi connectivity index (χ1) is 17.7. The molecule has 2 heterocycles. The van der Waals surface area contributed by atoms with Crippen molar-refractivity contribution in [3.05, 3.63) is 101 Å². The van der Waals surface area contributed by atoms with Gasteiger partial charge in [0.2, 0.25) is 0 Å². The molecule has 2 aliphatic rings. The molecule has 2 fully saturated rings. The lowest BCUT2D eigenvalue weighted by Crippen LogP contribution is -2.67. The highest BCUT2D eigenvalue weighted by atomic mass is 19.1. The molecule has 4 nitrogen and oxygen atoms in total. The number of fused-ring (bicyclic) bond motifs is 1. The van der Waals surface area contributed by atoms with Crippen molar-refractivity contribution in [3.63, 3.8) is 0 Å². The summed E-state index contributed by atoms with van der Waals surface area (Å²) in [5.74, 6) is 7.39. The Balaban J connectivity index is 1.31. The lowest BCUT2D eigenvalue weighted by molar-refractivity contribution is -0.0656.